The van der Waals surface area contributed by atoms with Crippen LogP contribution in [0, 0.1) is 5.92 Å². The number of carbonyl (C=O) groups is 2. The van der Waals surface area contributed by atoms with Crippen LogP contribution in [0.5, 0.6) is 5.75 Å². The fraction of sp³-hybridized carbons (Fsp3) is 0.368. The summed E-state index contributed by atoms with van der Waals surface area (Å²) in [7, 11) is 0. The van der Waals surface area contributed by atoms with Crippen molar-refractivity contribution in [3.63, 3.8) is 0 Å². The number of primary amides is 1. The standard InChI is InChI=1S/C19H21NO4S/c1-12-5-6-16-14(7-12)9-17(25-16)19(22)24-10-13-3-2-4-15(8-13)23-11-18(20)21/h2-4,8-9,12H,5-7,10-11H2,1H3,(H2,20,21). The molecule has 1 amide bonds. The van der Waals surface area contributed by atoms with E-state index >= 15 is 0 Å². The highest BCUT2D eigenvalue weighted by atomic mass is 32.1. The summed E-state index contributed by atoms with van der Waals surface area (Å²) in [5.74, 6) is 0.366. The third-order valence-electron chi connectivity index (χ3n) is 4.18. The molecular weight excluding hydrogens is 338 g/mol. The summed E-state index contributed by atoms with van der Waals surface area (Å²) in [5.41, 5.74) is 7.14. The number of nitrogens with two attached hydrogens (primary N) is 1. The highest BCUT2D eigenvalue weighted by Crippen LogP contribution is 2.32. The summed E-state index contributed by atoms with van der Waals surface area (Å²) in [6, 6.07) is 9.06. The van der Waals surface area contributed by atoms with Crippen LogP contribution in [0.4, 0.5) is 0 Å². The van der Waals surface area contributed by atoms with Crippen LogP contribution >= 0.6 is 11.3 Å². The molecule has 2 N–H and O–H groups in total. The molecule has 0 aliphatic heterocycles. The molecule has 1 aromatic carbocycles. The molecule has 0 fully saturated rings. The van der Waals surface area contributed by atoms with Crippen molar-refractivity contribution in [2.45, 2.75) is 32.8 Å². The van der Waals surface area contributed by atoms with Gasteiger partial charge in [0.1, 0.15) is 17.2 Å². The van der Waals surface area contributed by atoms with E-state index in [4.69, 9.17) is 15.2 Å². The Labute approximate surface area is 150 Å². The predicted octanol–water partition coefficient (Wildman–Crippen LogP) is 3.09. The van der Waals surface area contributed by atoms with Crippen LogP contribution in [0.1, 0.15) is 39.0 Å². The molecule has 1 aliphatic rings. The highest BCUT2D eigenvalue weighted by Gasteiger charge is 2.21. The van der Waals surface area contributed by atoms with Gasteiger partial charge in [0, 0.05) is 4.88 Å². The normalized spacial score (nSPS) is 16.1. The van der Waals surface area contributed by atoms with E-state index in [9.17, 15) is 9.59 Å². The third kappa shape index (κ3) is 4.60. The maximum absolute atomic E-state index is 12.3. The second kappa shape index (κ2) is 7.70. The summed E-state index contributed by atoms with van der Waals surface area (Å²) in [5, 5.41) is 0. The number of fused-ring (bicyclic) bond motifs is 1. The van der Waals surface area contributed by atoms with Crippen molar-refractivity contribution in [3.8, 4) is 5.75 Å². The summed E-state index contributed by atoms with van der Waals surface area (Å²) in [6.45, 7) is 2.22. The van der Waals surface area contributed by atoms with Crippen molar-refractivity contribution >= 4 is 23.2 Å². The molecule has 5 nitrogen and oxygen atoms in total. The van der Waals surface area contributed by atoms with Gasteiger partial charge in [0.05, 0.1) is 0 Å². The first-order chi connectivity index (χ1) is 12.0. The smallest absolute Gasteiger partial charge is 0.348 e. The Morgan fingerprint density at radius 3 is 2.96 bits per heavy atom. The summed E-state index contributed by atoms with van der Waals surface area (Å²) in [4.78, 5) is 25.1. The molecule has 0 radical (unpaired) electrons. The topological polar surface area (TPSA) is 78.6 Å². The molecule has 0 saturated carbocycles. The van der Waals surface area contributed by atoms with E-state index in [1.54, 1.807) is 29.5 Å². The molecule has 132 valence electrons. The van der Waals surface area contributed by atoms with Crippen molar-refractivity contribution in [1.29, 1.82) is 0 Å². The molecule has 6 heteroatoms. The van der Waals surface area contributed by atoms with Crippen LogP contribution < -0.4 is 10.5 Å². The number of rotatable bonds is 6. The minimum atomic E-state index is -0.534. The minimum absolute atomic E-state index is 0.158. The minimum Gasteiger partial charge on any atom is -0.484 e. The van der Waals surface area contributed by atoms with Crippen molar-refractivity contribution < 1.29 is 19.1 Å². The van der Waals surface area contributed by atoms with Gasteiger partial charge in [-0.05, 0) is 54.5 Å². The van der Waals surface area contributed by atoms with Crippen LogP contribution in [-0.4, -0.2) is 18.5 Å². The lowest BCUT2D eigenvalue weighted by molar-refractivity contribution is -0.119. The predicted molar refractivity (Wildman–Crippen MR) is 95.8 cm³/mol. The molecule has 25 heavy (non-hydrogen) atoms. The Balaban J connectivity index is 1.59. The van der Waals surface area contributed by atoms with E-state index < -0.39 is 5.91 Å². The third-order valence-corrected chi connectivity index (χ3v) is 5.40. The zero-order valence-corrected chi connectivity index (χ0v) is 14.9. The Morgan fingerprint density at radius 1 is 1.32 bits per heavy atom. The number of hydrogen-bond acceptors (Lipinski definition) is 5. The van der Waals surface area contributed by atoms with Gasteiger partial charge in [0.15, 0.2) is 6.61 Å². The quantitative estimate of drug-likeness (QED) is 0.804. The number of aryl methyl sites for hydroxylation is 1. The van der Waals surface area contributed by atoms with Crippen molar-refractivity contribution in [2.24, 2.45) is 11.7 Å². The fourth-order valence-corrected chi connectivity index (χ4v) is 4.01. The Kier molecular flexibility index (Phi) is 5.38. The molecule has 1 unspecified atom stereocenters. The van der Waals surface area contributed by atoms with Gasteiger partial charge >= 0.3 is 5.97 Å². The van der Waals surface area contributed by atoms with Crippen LogP contribution in [0.3, 0.4) is 0 Å². The van der Waals surface area contributed by atoms with E-state index in [1.165, 1.54) is 16.9 Å². The highest BCUT2D eigenvalue weighted by molar-refractivity contribution is 7.14. The van der Waals surface area contributed by atoms with Crippen LogP contribution in [-0.2, 0) is 29.0 Å². The maximum atomic E-state index is 12.3. The lowest BCUT2D eigenvalue weighted by atomic mass is 9.90. The summed E-state index contributed by atoms with van der Waals surface area (Å²) < 4.78 is 10.7. The van der Waals surface area contributed by atoms with Crippen molar-refractivity contribution in [1.82, 2.24) is 0 Å². The van der Waals surface area contributed by atoms with Gasteiger partial charge in [-0.3, -0.25) is 4.79 Å². The van der Waals surface area contributed by atoms with Gasteiger partial charge in [-0.1, -0.05) is 19.1 Å². The molecular formula is C19H21NO4S. The molecule has 0 saturated heterocycles. The fourth-order valence-electron chi connectivity index (χ4n) is 2.91. The number of esters is 1. The maximum Gasteiger partial charge on any atom is 0.348 e. The van der Waals surface area contributed by atoms with Gasteiger partial charge in [0.2, 0.25) is 0 Å². The lowest BCUT2D eigenvalue weighted by Crippen LogP contribution is -2.20. The number of thiophene rings is 1. The average molecular weight is 359 g/mol. The zero-order chi connectivity index (χ0) is 17.8. The molecule has 0 spiro atoms. The van der Waals surface area contributed by atoms with Gasteiger partial charge in [-0.2, -0.15) is 0 Å². The number of ether oxygens (including phenoxy) is 2. The summed E-state index contributed by atoms with van der Waals surface area (Å²) in [6.07, 6.45) is 3.27. The molecule has 3 rings (SSSR count). The van der Waals surface area contributed by atoms with Crippen LogP contribution in [0.25, 0.3) is 0 Å². The first-order valence-electron chi connectivity index (χ1n) is 8.30. The first kappa shape index (κ1) is 17.5. The largest absolute Gasteiger partial charge is 0.484 e. The lowest BCUT2D eigenvalue weighted by Gasteiger charge is -2.16. The Hall–Kier alpha value is -2.34. The Morgan fingerprint density at radius 2 is 2.16 bits per heavy atom. The van der Waals surface area contributed by atoms with Crippen molar-refractivity contribution in [3.05, 3.63) is 51.2 Å². The number of benzene rings is 1. The van der Waals surface area contributed by atoms with Gasteiger partial charge in [-0.25, -0.2) is 4.79 Å². The van der Waals surface area contributed by atoms with E-state index in [1.807, 2.05) is 12.1 Å². The average Bonchev–Trinajstić information content (AvgIpc) is 3.01. The number of amides is 1. The summed E-state index contributed by atoms with van der Waals surface area (Å²) >= 11 is 1.54. The number of carbonyl (C=O) groups excluding carboxylic acids is 2. The van der Waals surface area contributed by atoms with Gasteiger partial charge < -0.3 is 15.2 Å². The van der Waals surface area contributed by atoms with E-state index in [-0.39, 0.29) is 19.2 Å². The van der Waals surface area contributed by atoms with E-state index in [2.05, 4.69) is 6.92 Å². The zero-order valence-electron chi connectivity index (χ0n) is 14.1. The number of hydrogen-bond donors (Lipinski definition) is 1. The van der Waals surface area contributed by atoms with Gasteiger partial charge in [0.25, 0.3) is 5.91 Å². The van der Waals surface area contributed by atoms with E-state index in [0.29, 0.717) is 16.5 Å². The second-order valence-electron chi connectivity index (χ2n) is 6.39. The van der Waals surface area contributed by atoms with Crippen LogP contribution in [0.15, 0.2) is 30.3 Å². The molecule has 1 heterocycles. The first-order valence-corrected chi connectivity index (χ1v) is 9.11. The van der Waals surface area contributed by atoms with E-state index in [0.717, 1.165) is 18.4 Å². The Bertz CT molecular complexity index is 783. The molecule has 1 atom stereocenters. The molecule has 2 aromatic rings. The SMILES string of the molecule is CC1CCc2sc(C(=O)OCc3cccc(OCC(N)=O)c3)cc2C1. The van der Waals surface area contributed by atoms with Crippen molar-refractivity contribution in [2.75, 3.05) is 6.61 Å². The monoisotopic (exact) mass is 359 g/mol. The molecule has 1 aliphatic carbocycles. The molecule has 0 bridgehead atoms. The molecule has 1 aromatic heterocycles. The second-order valence-corrected chi connectivity index (χ2v) is 7.52. The van der Waals surface area contributed by atoms with Gasteiger partial charge in [-0.15, -0.1) is 11.3 Å². The van der Waals surface area contributed by atoms with Crippen LogP contribution in [0.2, 0.25) is 0 Å².